The molecule has 3 saturated carbocycles. The number of hydrogen-bond donors (Lipinski definition) is 1. The van der Waals surface area contributed by atoms with Crippen LogP contribution in [0.1, 0.15) is 52.9 Å². The van der Waals surface area contributed by atoms with E-state index in [1.165, 1.54) is 0 Å². The van der Waals surface area contributed by atoms with Crippen molar-refractivity contribution in [2.75, 3.05) is 6.67 Å². The standard InChI is InChI=1S/C22H27Cl2FO3/c1-12-9-19(2)13(8-16(12)26)4-5-15-14-6-7-21(28,18(27)11-25)20(14,3)10-17(23)22(15,19)24/h8-9,14-15,17,28H,4-7,10-11H2,1-3H3/t14-,15-,17?,19-,20-,21-,22-/m0/s1. The average molecular weight is 429 g/mol. The number of ketones is 2. The van der Waals surface area contributed by atoms with Crippen molar-refractivity contribution in [3.63, 3.8) is 0 Å². The van der Waals surface area contributed by atoms with E-state index in [0.717, 1.165) is 18.4 Å². The van der Waals surface area contributed by atoms with Crippen molar-refractivity contribution in [2.45, 2.75) is 68.7 Å². The first-order chi connectivity index (χ1) is 13.0. The van der Waals surface area contributed by atoms with Crippen LogP contribution in [0.2, 0.25) is 0 Å². The molecule has 0 aromatic rings. The molecule has 1 N–H and O–H groups in total. The normalized spacial score (nSPS) is 50.2. The quantitative estimate of drug-likeness (QED) is 0.657. The Bertz CT molecular complexity index is 823. The highest BCUT2D eigenvalue weighted by Gasteiger charge is 2.72. The van der Waals surface area contributed by atoms with Crippen LogP contribution in [0.15, 0.2) is 23.3 Å². The Kier molecular flexibility index (Phi) is 4.52. The number of aliphatic hydroxyl groups is 1. The molecule has 0 amide bonds. The number of rotatable bonds is 2. The maximum Gasteiger partial charge on any atom is 0.195 e. The summed E-state index contributed by atoms with van der Waals surface area (Å²) >= 11 is 14.4. The summed E-state index contributed by atoms with van der Waals surface area (Å²) < 4.78 is 13.3. The van der Waals surface area contributed by atoms with Crippen molar-refractivity contribution < 1.29 is 19.1 Å². The number of hydrogen-bond acceptors (Lipinski definition) is 3. The van der Waals surface area contributed by atoms with E-state index < -0.39 is 39.1 Å². The fraction of sp³-hybridized carbons (Fsp3) is 0.727. The third kappa shape index (κ3) is 2.20. The Hall–Kier alpha value is -0.710. The zero-order valence-electron chi connectivity index (χ0n) is 16.5. The molecule has 1 unspecified atom stereocenters. The highest BCUT2D eigenvalue weighted by Crippen LogP contribution is 2.71. The van der Waals surface area contributed by atoms with E-state index in [1.54, 1.807) is 13.0 Å². The van der Waals surface area contributed by atoms with E-state index in [9.17, 15) is 19.1 Å². The topological polar surface area (TPSA) is 54.4 Å². The number of carbonyl (C=O) groups is 2. The second-order valence-corrected chi connectivity index (χ2v) is 10.8. The Balaban J connectivity index is 1.83. The summed E-state index contributed by atoms with van der Waals surface area (Å²) in [5.74, 6) is -0.784. The Morgan fingerprint density at radius 3 is 2.64 bits per heavy atom. The summed E-state index contributed by atoms with van der Waals surface area (Å²) in [5, 5.41) is 10.7. The van der Waals surface area contributed by atoms with E-state index >= 15 is 0 Å². The van der Waals surface area contributed by atoms with Crippen molar-refractivity contribution in [1.29, 1.82) is 0 Å². The Labute approximate surface area is 175 Å². The minimum Gasteiger partial charge on any atom is -0.381 e. The van der Waals surface area contributed by atoms with Gasteiger partial charge < -0.3 is 5.11 Å². The molecule has 6 heteroatoms. The summed E-state index contributed by atoms with van der Waals surface area (Å²) in [7, 11) is 0. The van der Waals surface area contributed by atoms with Gasteiger partial charge in [0.15, 0.2) is 18.2 Å². The van der Waals surface area contributed by atoms with Gasteiger partial charge in [0.1, 0.15) is 5.60 Å². The van der Waals surface area contributed by atoms with Crippen molar-refractivity contribution in [1.82, 2.24) is 0 Å². The fourth-order valence-corrected chi connectivity index (χ4v) is 8.22. The van der Waals surface area contributed by atoms with Crippen LogP contribution in [0.4, 0.5) is 4.39 Å². The van der Waals surface area contributed by atoms with Crippen LogP contribution in [0.3, 0.4) is 0 Å². The summed E-state index contributed by atoms with van der Waals surface area (Å²) in [4.78, 5) is 23.8. The molecule has 0 bridgehead atoms. The van der Waals surface area contributed by atoms with Crippen LogP contribution in [0, 0.1) is 22.7 Å². The molecule has 0 spiro atoms. The molecule has 0 aliphatic heterocycles. The lowest BCUT2D eigenvalue weighted by Gasteiger charge is -2.64. The van der Waals surface area contributed by atoms with Crippen LogP contribution >= 0.6 is 23.2 Å². The van der Waals surface area contributed by atoms with Gasteiger partial charge in [-0.1, -0.05) is 25.5 Å². The Morgan fingerprint density at radius 1 is 1.32 bits per heavy atom. The average Bonchev–Trinajstić information content (AvgIpc) is 2.89. The smallest absolute Gasteiger partial charge is 0.195 e. The first-order valence-electron chi connectivity index (χ1n) is 10.0. The van der Waals surface area contributed by atoms with Gasteiger partial charge >= 0.3 is 0 Å². The van der Waals surface area contributed by atoms with Crippen LogP contribution in [-0.4, -0.2) is 39.2 Å². The molecule has 0 radical (unpaired) electrons. The molecule has 3 fully saturated rings. The second kappa shape index (κ2) is 6.15. The lowest BCUT2D eigenvalue weighted by Crippen LogP contribution is -2.67. The van der Waals surface area contributed by atoms with Gasteiger partial charge in [0, 0.05) is 10.8 Å². The molecule has 0 aromatic carbocycles. The molecular weight excluding hydrogens is 402 g/mol. The number of fused-ring (bicyclic) bond motifs is 5. The maximum absolute atomic E-state index is 13.3. The predicted molar refractivity (Wildman–Crippen MR) is 107 cm³/mol. The van der Waals surface area contributed by atoms with Gasteiger partial charge in [-0.15, -0.1) is 23.2 Å². The molecule has 4 aliphatic carbocycles. The summed E-state index contributed by atoms with van der Waals surface area (Å²) in [5.41, 5.74) is -1.37. The largest absolute Gasteiger partial charge is 0.381 e. The number of Topliss-reactive ketones (excluding diaryl/α,β-unsaturated/α-hetero) is 1. The molecule has 0 saturated heterocycles. The predicted octanol–water partition coefficient (Wildman–Crippen LogP) is 4.53. The zero-order valence-corrected chi connectivity index (χ0v) is 18.0. The van der Waals surface area contributed by atoms with E-state index in [2.05, 4.69) is 6.92 Å². The fourth-order valence-electron chi connectivity index (χ4n) is 7.00. The van der Waals surface area contributed by atoms with Gasteiger partial charge in [-0.05, 0) is 62.5 Å². The first-order valence-corrected chi connectivity index (χ1v) is 10.9. The molecular formula is C22H27Cl2FO3. The van der Waals surface area contributed by atoms with Gasteiger partial charge in [0.2, 0.25) is 0 Å². The first kappa shape index (κ1) is 20.6. The highest BCUT2D eigenvalue weighted by atomic mass is 35.5. The monoisotopic (exact) mass is 428 g/mol. The van der Waals surface area contributed by atoms with Crippen molar-refractivity contribution >= 4 is 34.8 Å². The molecule has 3 nitrogen and oxygen atoms in total. The summed E-state index contributed by atoms with van der Waals surface area (Å²) in [6.07, 6.45) is 6.37. The second-order valence-electron chi connectivity index (χ2n) is 9.63. The third-order valence-electron chi connectivity index (χ3n) is 8.63. The maximum atomic E-state index is 13.3. The number of alkyl halides is 3. The molecule has 4 aliphatic rings. The van der Waals surface area contributed by atoms with Crippen molar-refractivity contribution in [3.8, 4) is 0 Å². The Morgan fingerprint density at radius 2 is 2.00 bits per heavy atom. The van der Waals surface area contributed by atoms with Gasteiger partial charge in [0.05, 0.1) is 10.3 Å². The summed E-state index contributed by atoms with van der Waals surface area (Å²) in [6, 6.07) is 0. The van der Waals surface area contributed by atoms with Crippen molar-refractivity contribution in [3.05, 3.63) is 23.3 Å². The lowest BCUT2D eigenvalue weighted by atomic mass is 9.46. The molecule has 0 heterocycles. The lowest BCUT2D eigenvalue weighted by molar-refractivity contribution is -0.159. The van der Waals surface area contributed by atoms with Crippen molar-refractivity contribution in [2.24, 2.45) is 22.7 Å². The molecule has 154 valence electrons. The minimum absolute atomic E-state index is 0.0155. The zero-order chi connectivity index (χ0) is 20.7. The number of allylic oxidation sites excluding steroid dienone is 4. The van der Waals surface area contributed by atoms with Gasteiger partial charge in [-0.2, -0.15) is 0 Å². The van der Waals surface area contributed by atoms with Crippen LogP contribution in [0.5, 0.6) is 0 Å². The van der Waals surface area contributed by atoms with Crippen LogP contribution in [0.25, 0.3) is 0 Å². The van der Waals surface area contributed by atoms with E-state index in [-0.39, 0.29) is 24.0 Å². The van der Waals surface area contributed by atoms with Gasteiger partial charge in [-0.25, -0.2) is 4.39 Å². The minimum atomic E-state index is -1.69. The number of halogens is 3. The molecule has 7 atom stereocenters. The molecule has 28 heavy (non-hydrogen) atoms. The van der Waals surface area contributed by atoms with E-state index in [0.29, 0.717) is 18.4 Å². The van der Waals surface area contributed by atoms with Gasteiger partial charge in [0.25, 0.3) is 0 Å². The van der Waals surface area contributed by atoms with Crippen LogP contribution < -0.4 is 0 Å². The molecule has 0 aromatic heterocycles. The highest BCUT2D eigenvalue weighted by molar-refractivity contribution is 6.34. The summed E-state index contributed by atoms with van der Waals surface area (Å²) in [6.45, 7) is 4.56. The van der Waals surface area contributed by atoms with E-state index in [4.69, 9.17) is 23.2 Å². The molecule has 4 rings (SSSR count). The third-order valence-corrected chi connectivity index (χ3v) is 10.2. The number of carbonyl (C=O) groups excluding carboxylic acids is 2. The SMILES string of the molecule is CC1=C[C@@]2(C)C(=CC1=O)CC[C@H]1[C@@H]3CC[C@](O)(C(=O)CF)[C@@]3(C)CC(Cl)[C@@]12Cl. The van der Waals surface area contributed by atoms with E-state index in [1.807, 2.05) is 13.0 Å². The van der Waals surface area contributed by atoms with Gasteiger partial charge in [-0.3, -0.25) is 9.59 Å². The van der Waals surface area contributed by atoms with Crippen LogP contribution in [-0.2, 0) is 9.59 Å².